The maximum Gasteiger partial charge on any atom is 0.243 e. The van der Waals surface area contributed by atoms with Crippen LogP contribution < -0.4 is 10.6 Å². The van der Waals surface area contributed by atoms with E-state index < -0.39 is 6.04 Å². The Bertz CT molecular complexity index is 644. The normalized spacial score (nSPS) is 21.5. The van der Waals surface area contributed by atoms with Gasteiger partial charge in [0.1, 0.15) is 6.04 Å². The first-order chi connectivity index (χ1) is 12.5. The molecule has 0 aliphatic carbocycles. The van der Waals surface area contributed by atoms with Crippen LogP contribution in [-0.2, 0) is 22.6 Å². The third-order valence-electron chi connectivity index (χ3n) is 5.47. The molecule has 0 spiro atoms. The van der Waals surface area contributed by atoms with Gasteiger partial charge >= 0.3 is 0 Å². The van der Waals surface area contributed by atoms with Crippen LogP contribution in [0.5, 0.6) is 0 Å². The van der Waals surface area contributed by atoms with Gasteiger partial charge in [0, 0.05) is 25.9 Å². The summed E-state index contributed by atoms with van der Waals surface area (Å²) in [7, 11) is 0. The number of amides is 2. The Hall–Kier alpha value is -1.59. The summed E-state index contributed by atoms with van der Waals surface area (Å²) in [4.78, 5) is 27.4. The standard InChI is InChI=1S/C21H31N3O2.ClH/c1-15(2)11-20(25)24-14-18-6-4-3-5-17(18)12-19(24)21(26)23-10-8-16-7-9-22-13-16;/h3-6,15-16,19,22H,7-14H2,1-2H3,(H,23,26);1H. The zero-order valence-corrected chi connectivity index (χ0v) is 17.2. The molecule has 0 radical (unpaired) electrons. The predicted molar refractivity (Wildman–Crippen MR) is 110 cm³/mol. The maximum absolute atomic E-state index is 12.9. The molecule has 1 fully saturated rings. The molecule has 0 bridgehead atoms. The molecule has 0 aromatic heterocycles. The Morgan fingerprint density at radius 2 is 2.00 bits per heavy atom. The van der Waals surface area contributed by atoms with Crippen molar-refractivity contribution < 1.29 is 9.59 Å². The Balaban J connectivity index is 0.00000261. The monoisotopic (exact) mass is 393 g/mol. The largest absolute Gasteiger partial charge is 0.354 e. The molecule has 0 saturated carbocycles. The van der Waals surface area contributed by atoms with Crippen LogP contribution in [0.25, 0.3) is 0 Å². The molecule has 1 aromatic carbocycles. The summed E-state index contributed by atoms with van der Waals surface area (Å²) < 4.78 is 0. The second-order valence-electron chi connectivity index (χ2n) is 8.05. The van der Waals surface area contributed by atoms with Gasteiger partial charge in [0.05, 0.1) is 0 Å². The van der Waals surface area contributed by atoms with Gasteiger partial charge in [-0.3, -0.25) is 9.59 Å². The van der Waals surface area contributed by atoms with Crippen molar-refractivity contribution in [1.82, 2.24) is 15.5 Å². The fourth-order valence-electron chi connectivity index (χ4n) is 3.96. The molecule has 2 aliphatic rings. The lowest BCUT2D eigenvalue weighted by molar-refractivity contribution is -0.142. The Labute approximate surface area is 168 Å². The lowest BCUT2D eigenvalue weighted by Gasteiger charge is -2.36. The van der Waals surface area contributed by atoms with E-state index >= 15 is 0 Å². The van der Waals surface area contributed by atoms with Crippen molar-refractivity contribution in [1.29, 1.82) is 0 Å². The molecule has 27 heavy (non-hydrogen) atoms. The zero-order valence-electron chi connectivity index (χ0n) is 16.4. The van der Waals surface area contributed by atoms with Crippen molar-refractivity contribution in [2.45, 2.75) is 52.1 Å². The molecule has 2 atom stereocenters. The molecular weight excluding hydrogens is 362 g/mol. The number of carbonyl (C=O) groups excluding carboxylic acids is 2. The molecule has 1 saturated heterocycles. The van der Waals surface area contributed by atoms with Gasteiger partial charge in [0.25, 0.3) is 0 Å². The number of halogens is 1. The van der Waals surface area contributed by atoms with E-state index in [9.17, 15) is 9.59 Å². The second-order valence-corrected chi connectivity index (χ2v) is 8.05. The highest BCUT2D eigenvalue weighted by Gasteiger charge is 2.34. The highest BCUT2D eigenvalue weighted by atomic mass is 35.5. The molecule has 5 nitrogen and oxygen atoms in total. The summed E-state index contributed by atoms with van der Waals surface area (Å²) in [5.74, 6) is 1.01. The lowest BCUT2D eigenvalue weighted by Crippen LogP contribution is -2.53. The van der Waals surface area contributed by atoms with Gasteiger partial charge in [-0.25, -0.2) is 0 Å². The van der Waals surface area contributed by atoms with Gasteiger partial charge in [-0.1, -0.05) is 38.1 Å². The SMILES string of the molecule is CC(C)CC(=O)N1Cc2ccccc2CC1C(=O)NCCC1CCNC1.Cl. The van der Waals surface area contributed by atoms with Crippen molar-refractivity contribution >= 4 is 24.2 Å². The minimum absolute atomic E-state index is 0. The number of rotatable bonds is 6. The van der Waals surface area contributed by atoms with E-state index in [-0.39, 0.29) is 24.2 Å². The number of nitrogens with zero attached hydrogens (tertiary/aromatic N) is 1. The van der Waals surface area contributed by atoms with E-state index in [0.717, 1.165) is 25.1 Å². The van der Waals surface area contributed by atoms with Crippen molar-refractivity contribution in [2.24, 2.45) is 11.8 Å². The highest BCUT2D eigenvalue weighted by Crippen LogP contribution is 2.25. The van der Waals surface area contributed by atoms with Crippen LogP contribution >= 0.6 is 12.4 Å². The second kappa shape index (κ2) is 10.1. The van der Waals surface area contributed by atoms with Gasteiger partial charge < -0.3 is 15.5 Å². The molecule has 2 N–H and O–H groups in total. The van der Waals surface area contributed by atoms with Gasteiger partial charge in [-0.2, -0.15) is 0 Å². The summed E-state index contributed by atoms with van der Waals surface area (Å²) in [5, 5.41) is 6.45. The van der Waals surface area contributed by atoms with Crippen LogP contribution in [0.3, 0.4) is 0 Å². The first-order valence-corrected chi connectivity index (χ1v) is 9.89. The topological polar surface area (TPSA) is 61.4 Å². The number of fused-ring (bicyclic) bond motifs is 1. The summed E-state index contributed by atoms with van der Waals surface area (Å²) in [6.45, 7) is 7.43. The molecule has 6 heteroatoms. The summed E-state index contributed by atoms with van der Waals surface area (Å²) in [5.41, 5.74) is 2.34. The maximum atomic E-state index is 12.9. The van der Waals surface area contributed by atoms with Crippen LogP contribution in [0.15, 0.2) is 24.3 Å². The van der Waals surface area contributed by atoms with Gasteiger partial charge in [0.2, 0.25) is 11.8 Å². The Kier molecular flexibility index (Phi) is 8.11. The minimum atomic E-state index is -0.391. The van der Waals surface area contributed by atoms with E-state index in [1.165, 1.54) is 12.0 Å². The Morgan fingerprint density at radius 1 is 1.26 bits per heavy atom. The fourth-order valence-corrected chi connectivity index (χ4v) is 3.96. The third kappa shape index (κ3) is 5.69. The molecule has 2 aliphatic heterocycles. The first kappa shape index (κ1) is 21.7. The van der Waals surface area contributed by atoms with Gasteiger partial charge in [-0.05, 0) is 48.9 Å². The number of hydrogen-bond donors (Lipinski definition) is 2. The highest BCUT2D eigenvalue weighted by molar-refractivity contribution is 5.88. The summed E-state index contributed by atoms with van der Waals surface area (Å²) >= 11 is 0. The van der Waals surface area contributed by atoms with E-state index in [0.29, 0.717) is 37.8 Å². The average molecular weight is 394 g/mol. The molecule has 2 amide bonds. The van der Waals surface area contributed by atoms with E-state index in [2.05, 4.69) is 22.8 Å². The van der Waals surface area contributed by atoms with Crippen LogP contribution in [-0.4, -0.2) is 42.4 Å². The predicted octanol–water partition coefficient (Wildman–Crippen LogP) is 2.52. The summed E-state index contributed by atoms with van der Waals surface area (Å²) in [6.07, 6.45) is 3.28. The fraction of sp³-hybridized carbons (Fsp3) is 0.619. The molecule has 1 aromatic rings. The molecular formula is C21H32ClN3O2. The number of hydrogen-bond acceptors (Lipinski definition) is 3. The number of carbonyl (C=O) groups is 2. The van der Waals surface area contributed by atoms with Crippen molar-refractivity contribution in [3.05, 3.63) is 35.4 Å². The van der Waals surface area contributed by atoms with Crippen molar-refractivity contribution in [3.8, 4) is 0 Å². The van der Waals surface area contributed by atoms with Crippen molar-refractivity contribution in [3.63, 3.8) is 0 Å². The summed E-state index contributed by atoms with van der Waals surface area (Å²) in [6, 6.07) is 7.75. The quantitative estimate of drug-likeness (QED) is 0.780. The molecule has 2 unspecified atom stereocenters. The van der Waals surface area contributed by atoms with Crippen LogP contribution in [0, 0.1) is 11.8 Å². The first-order valence-electron chi connectivity index (χ1n) is 9.89. The smallest absolute Gasteiger partial charge is 0.243 e. The van der Waals surface area contributed by atoms with Crippen LogP contribution in [0.4, 0.5) is 0 Å². The minimum Gasteiger partial charge on any atom is -0.354 e. The zero-order chi connectivity index (χ0) is 18.5. The van der Waals surface area contributed by atoms with E-state index in [1.807, 2.05) is 26.0 Å². The number of benzene rings is 1. The van der Waals surface area contributed by atoms with Crippen molar-refractivity contribution in [2.75, 3.05) is 19.6 Å². The molecule has 3 rings (SSSR count). The Morgan fingerprint density at radius 3 is 2.67 bits per heavy atom. The molecule has 150 valence electrons. The lowest BCUT2D eigenvalue weighted by atomic mass is 9.92. The van der Waals surface area contributed by atoms with Gasteiger partial charge in [0.15, 0.2) is 0 Å². The number of nitrogens with one attached hydrogen (secondary N) is 2. The van der Waals surface area contributed by atoms with Crippen LogP contribution in [0.1, 0.15) is 44.2 Å². The average Bonchev–Trinajstić information content (AvgIpc) is 3.13. The third-order valence-corrected chi connectivity index (χ3v) is 5.47. The van der Waals surface area contributed by atoms with E-state index in [4.69, 9.17) is 0 Å². The van der Waals surface area contributed by atoms with E-state index in [1.54, 1.807) is 4.90 Å². The van der Waals surface area contributed by atoms with Gasteiger partial charge in [-0.15, -0.1) is 12.4 Å². The molecule has 2 heterocycles. The van der Waals surface area contributed by atoms with Crippen LogP contribution in [0.2, 0.25) is 0 Å².